The largest absolute Gasteiger partial charge is 0.497 e. The smallest absolute Gasteiger partial charge is 0.263 e. The lowest BCUT2D eigenvalue weighted by molar-refractivity contribution is -0.475. The van der Waals surface area contributed by atoms with E-state index in [1.807, 2.05) is 12.1 Å². The van der Waals surface area contributed by atoms with E-state index in [4.69, 9.17) is 4.74 Å². The van der Waals surface area contributed by atoms with Crippen LogP contribution in [0.5, 0.6) is 5.75 Å². The first-order valence-corrected chi connectivity index (χ1v) is 5.05. The van der Waals surface area contributed by atoms with Crippen LogP contribution in [0.15, 0.2) is 24.3 Å². The fraction of sp³-hybridized carbons (Fsp3) is 0.400. The van der Waals surface area contributed by atoms with Crippen LogP contribution in [0, 0.1) is 0 Å². The van der Waals surface area contributed by atoms with Crippen molar-refractivity contribution in [3.63, 3.8) is 0 Å². The number of hydrogen-bond donors (Lipinski definition) is 0. The molecule has 0 aliphatic carbocycles. The van der Waals surface area contributed by atoms with Gasteiger partial charge in [-0.3, -0.25) is 0 Å². The van der Waals surface area contributed by atoms with Crippen LogP contribution < -0.4 is 27.3 Å². The van der Waals surface area contributed by atoms with Gasteiger partial charge in [-0.05, 0) is 26.0 Å². The Labute approximate surface area is 87.3 Å². The van der Waals surface area contributed by atoms with Crippen LogP contribution in [0.4, 0.5) is 0 Å². The van der Waals surface area contributed by atoms with Gasteiger partial charge in [-0.15, -0.1) is 0 Å². The van der Waals surface area contributed by atoms with Gasteiger partial charge in [-0.1, -0.05) is 12.1 Å². The lowest BCUT2D eigenvalue weighted by Gasteiger charge is -2.08. The van der Waals surface area contributed by atoms with Gasteiger partial charge < -0.3 is 4.74 Å². The second-order valence-electron chi connectivity index (χ2n) is 3.24. The molecule has 2 heteroatoms. The molecule has 1 rings (SSSR count). The third-order valence-corrected chi connectivity index (χ3v) is 2.46. The van der Waals surface area contributed by atoms with E-state index in [1.165, 1.54) is 5.56 Å². The molecule has 0 saturated carbocycles. The van der Waals surface area contributed by atoms with Gasteiger partial charge in [0.05, 0.1) is 7.11 Å². The lowest BCUT2D eigenvalue weighted by Crippen LogP contribution is -3.41. The monoisotopic (exact) mass is 277 g/mol. The zero-order chi connectivity index (χ0) is 9.19. The van der Waals surface area contributed by atoms with Crippen molar-refractivity contribution < 1.29 is 27.3 Å². The molecule has 0 aromatic heterocycles. The summed E-state index contributed by atoms with van der Waals surface area (Å²) < 4.78 is 5.32. The number of rotatable bonds is 2. The summed E-state index contributed by atoms with van der Waals surface area (Å²) in [5, 5.41) is 0. The fourth-order valence-corrected chi connectivity index (χ4v) is 1.38. The van der Waals surface area contributed by atoms with Crippen molar-refractivity contribution in [2.24, 2.45) is 0 Å². The first-order valence-electron chi connectivity index (χ1n) is 3.89. The topological polar surface area (TPSA) is 9.23 Å². The fourth-order valence-electron chi connectivity index (χ4n) is 0.992. The van der Waals surface area contributed by atoms with Crippen LogP contribution >= 0.6 is 0 Å². The highest BCUT2D eigenvalue weighted by Crippen LogP contribution is 2.17. The molecule has 0 aliphatic heterocycles. The Hall–Kier alpha value is -0.250. The summed E-state index contributed by atoms with van der Waals surface area (Å²) in [6, 6.07) is 8.23. The first-order chi connectivity index (χ1) is 5.54. The molecule has 0 fully saturated rings. The van der Waals surface area contributed by atoms with E-state index in [0.717, 1.165) is 5.75 Å². The molecule has 1 aromatic rings. The number of halogens is 1. The van der Waals surface area contributed by atoms with Gasteiger partial charge in [0.15, 0.2) is 3.42 Å². The maximum atomic E-state index is 5.08. The first kappa shape index (κ1) is 9.84. The summed E-state index contributed by atoms with van der Waals surface area (Å²) in [5.74, 6) is 0.921. The summed E-state index contributed by atoms with van der Waals surface area (Å²) in [6.07, 6.45) is 0. The number of alkyl halides is 1. The average Bonchev–Trinajstić information content (AvgIpc) is 2.03. The van der Waals surface area contributed by atoms with Crippen molar-refractivity contribution in [1.82, 2.24) is 0 Å². The third kappa shape index (κ3) is 2.37. The molecule has 0 N–H and O–H groups in total. The maximum Gasteiger partial charge on any atom is 0.263 e. The van der Waals surface area contributed by atoms with E-state index in [9.17, 15) is 0 Å². The molecule has 1 nitrogen and oxygen atoms in total. The van der Waals surface area contributed by atoms with E-state index >= 15 is 0 Å². The molecule has 0 aliphatic rings. The van der Waals surface area contributed by atoms with E-state index in [1.54, 1.807) is 7.11 Å². The van der Waals surface area contributed by atoms with Crippen LogP contribution in [0.2, 0.25) is 0 Å². The standard InChI is InChI=1S/C10H14IO/c1-10(2,11)8-4-6-9(12-3)7-5-8/h4-7,11H,1-3H3/q+1. The van der Waals surface area contributed by atoms with Crippen LogP contribution in [-0.2, 0) is 3.42 Å². The molecule has 0 heterocycles. The van der Waals surface area contributed by atoms with E-state index in [-0.39, 0.29) is 3.42 Å². The molecule has 12 heavy (non-hydrogen) atoms. The van der Waals surface area contributed by atoms with Gasteiger partial charge >= 0.3 is 0 Å². The third-order valence-electron chi connectivity index (χ3n) is 1.79. The normalized spacial score (nSPS) is 11.3. The molecular weight excluding hydrogens is 263 g/mol. The number of methoxy groups -OCH3 is 1. The average molecular weight is 277 g/mol. The highest BCUT2D eigenvalue weighted by molar-refractivity contribution is 5.29. The van der Waals surface area contributed by atoms with Gasteiger partial charge in [0, 0.05) is 5.56 Å². The van der Waals surface area contributed by atoms with Crippen molar-refractivity contribution in [3.05, 3.63) is 29.8 Å². The highest BCUT2D eigenvalue weighted by Gasteiger charge is 2.24. The van der Waals surface area contributed by atoms with Crippen molar-refractivity contribution >= 4 is 0 Å². The molecule has 0 unspecified atom stereocenters. The molecule has 0 saturated heterocycles. The van der Waals surface area contributed by atoms with E-state index < -0.39 is 0 Å². The van der Waals surface area contributed by atoms with Crippen LogP contribution in [0.25, 0.3) is 0 Å². The predicted octanol–water partition coefficient (Wildman–Crippen LogP) is -0.784. The SMILES string of the molecule is COc1ccc(C(C)(C)[IH+])cc1. The quantitative estimate of drug-likeness (QED) is 0.509. The summed E-state index contributed by atoms with van der Waals surface area (Å²) >= 11 is 2.13. The van der Waals surface area contributed by atoms with Gasteiger partial charge in [-0.2, -0.15) is 0 Å². The van der Waals surface area contributed by atoms with Crippen molar-refractivity contribution in [3.8, 4) is 5.75 Å². The van der Waals surface area contributed by atoms with Gasteiger partial charge in [0.2, 0.25) is 0 Å². The predicted molar refractivity (Wildman–Crippen MR) is 47.4 cm³/mol. The van der Waals surface area contributed by atoms with Gasteiger partial charge in [-0.25, -0.2) is 0 Å². The van der Waals surface area contributed by atoms with Crippen LogP contribution in [0.3, 0.4) is 0 Å². The molecule has 66 valence electrons. The minimum absolute atomic E-state index is 0.238. The molecular formula is C10H14IO+. The maximum absolute atomic E-state index is 5.08. The summed E-state index contributed by atoms with van der Waals surface area (Å²) in [4.78, 5) is 0. The Balaban J connectivity index is 2.93. The summed E-state index contributed by atoms with van der Waals surface area (Å²) in [5.41, 5.74) is 1.34. The minimum Gasteiger partial charge on any atom is -0.497 e. The molecule has 0 radical (unpaired) electrons. The van der Waals surface area contributed by atoms with Gasteiger partial charge in [0.1, 0.15) is 5.75 Å². The molecule has 1 aromatic carbocycles. The van der Waals surface area contributed by atoms with Gasteiger partial charge in [0.25, 0.3) is 22.6 Å². The second-order valence-corrected chi connectivity index (χ2v) is 6.15. The Morgan fingerprint density at radius 3 is 2.00 bits per heavy atom. The molecule has 0 atom stereocenters. The Kier molecular flexibility index (Phi) is 2.99. The van der Waals surface area contributed by atoms with E-state index in [0.29, 0.717) is 0 Å². The van der Waals surface area contributed by atoms with Crippen molar-refractivity contribution in [2.75, 3.05) is 7.11 Å². The zero-order valence-corrected chi connectivity index (χ0v) is 9.96. The van der Waals surface area contributed by atoms with Crippen molar-refractivity contribution in [2.45, 2.75) is 17.3 Å². The Morgan fingerprint density at radius 2 is 1.67 bits per heavy atom. The summed E-state index contributed by atoms with van der Waals surface area (Å²) in [6.45, 7) is 4.42. The number of hydrogen-bond acceptors (Lipinski definition) is 1. The molecule has 0 bridgehead atoms. The lowest BCUT2D eigenvalue weighted by atomic mass is 10.0. The second kappa shape index (κ2) is 3.64. The Bertz CT molecular complexity index is 246. The molecule has 0 amide bonds. The number of ether oxygens (including phenoxy) is 1. The summed E-state index contributed by atoms with van der Waals surface area (Å²) in [7, 11) is 1.69. The van der Waals surface area contributed by atoms with Crippen LogP contribution in [0.1, 0.15) is 19.4 Å². The van der Waals surface area contributed by atoms with Crippen LogP contribution in [-0.4, -0.2) is 7.11 Å². The minimum atomic E-state index is 0.238. The molecule has 0 spiro atoms. The van der Waals surface area contributed by atoms with E-state index in [2.05, 4.69) is 48.6 Å². The Morgan fingerprint density at radius 1 is 1.17 bits per heavy atom. The number of benzene rings is 1. The van der Waals surface area contributed by atoms with Crippen molar-refractivity contribution in [1.29, 1.82) is 0 Å². The highest BCUT2D eigenvalue weighted by atomic mass is 127. The zero-order valence-electron chi connectivity index (χ0n) is 7.63.